The van der Waals surface area contributed by atoms with Crippen molar-refractivity contribution >= 4 is 23.6 Å². The van der Waals surface area contributed by atoms with Crippen molar-refractivity contribution in [3.8, 4) is 0 Å². The van der Waals surface area contributed by atoms with Gasteiger partial charge in [0.15, 0.2) is 0 Å². The molecular weight excluding hydrogens is 288 g/mol. The zero-order valence-electron chi connectivity index (χ0n) is 12.5. The maximum absolute atomic E-state index is 12.1. The molecule has 116 valence electrons. The third kappa shape index (κ3) is 7.72. The van der Waals surface area contributed by atoms with Crippen LogP contribution in [-0.2, 0) is 9.59 Å². The number of thioether (sulfide) groups is 1. The lowest BCUT2D eigenvalue weighted by Gasteiger charge is -2.22. The molecule has 1 N–H and O–H groups in total. The van der Waals surface area contributed by atoms with Crippen LogP contribution < -0.4 is 0 Å². The monoisotopic (exact) mass is 310 g/mol. The minimum absolute atomic E-state index is 0.109. The number of aliphatic carboxylic acids is 1. The first-order valence-electron chi connectivity index (χ1n) is 6.81. The topological polar surface area (TPSA) is 60.9 Å². The summed E-state index contributed by atoms with van der Waals surface area (Å²) in [5.41, 5.74) is 0. The fraction of sp³-hybridized carbons (Fsp3) is 0.467. The molecule has 0 bridgehead atoms. The fourth-order valence-corrected chi connectivity index (χ4v) is 2.57. The van der Waals surface area contributed by atoms with Gasteiger partial charge >= 0.3 is 5.97 Å². The van der Waals surface area contributed by atoms with Gasteiger partial charge in [-0.3, -0.25) is 9.59 Å². The predicted molar refractivity (Wildman–Crippen MR) is 84.6 cm³/mol. The van der Waals surface area contributed by atoms with E-state index in [-0.39, 0.29) is 12.5 Å². The number of carbonyl (C=O) groups is 2. The average Bonchev–Trinajstić information content (AvgIpc) is 2.44. The molecule has 1 aromatic rings. The molecule has 0 spiro atoms. The van der Waals surface area contributed by atoms with Crippen LogP contribution in [0.1, 0.15) is 6.42 Å². The first-order chi connectivity index (χ1) is 9.99. The third-order valence-electron chi connectivity index (χ3n) is 2.82. The Balaban J connectivity index is 2.42. The molecule has 6 heteroatoms. The Kier molecular flexibility index (Phi) is 7.85. The van der Waals surface area contributed by atoms with Gasteiger partial charge in [-0.25, -0.2) is 0 Å². The minimum Gasteiger partial charge on any atom is -0.480 e. The molecular formula is C15H22N2O3S. The molecule has 0 heterocycles. The van der Waals surface area contributed by atoms with Gasteiger partial charge in [0.2, 0.25) is 5.91 Å². The summed E-state index contributed by atoms with van der Waals surface area (Å²) in [6.07, 6.45) is 0.347. The van der Waals surface area contributed by atoms with Gasteiger partial charge in [0.05, 0.1) is 0 Å². The molecule has 0 aromatic heterocycles. The first kappa shape index (κ1) is 17.5. The van der Waals surface area contributed by atoms with E-state index < -0.39 is 5.97 Å². The summed E-state index contributed by atoms with van der Waals surface area (Å²) in [6.45, 7) is 0.863. The Hall–Kier alpha value is -1.53. The number of rotatable bonds is 9. The van der Waals surface area contributed by atoms with Crippen LogP contribution in [0.3, 0.4) is 0 Å². The van der Waals surface area contributed by atoms with Crippen LogP contribution in [0, 0.1) is 0 Å². The summed E-state index contributed by atoms with van der Waals surface area (Å²) in [4.78, 5) is 27.4. The van der Waals surface area contributed by atoms with Gasteiger partial charge in [0, 0.05) is 30.2 Å². The van der Waals surface area contributed by atoms with E-state index in [2.05, 4.69) is 0 Å². The minimum atomic E-state index is -0.974. The number of carbonyl (C=O) groups excluding carboxylic acids is 1. The number of amides is 1. The maximum atomic E-state index is 12.1. The van der Waals surface area contributed by atoms with E-state index in [9.17, 15) is 9.59 Å². The van der Waals surface area contributed by atoms with E-state index in [0.717, 1.165) is 4.90 Å². The summed E-state index contributed by atoms with van der Waals surface area (Å²) in [6, 6.07) is 9.85. The van der Waals surface area contributed by atoms with Gasteiger partial charge in [-0.05, 0) is 26.2 Å². The molecule has 0 fully saturated rings. The normalized spacial score (nSPS) is 10.6. The van der Waals surface area contributed by atoms with Crippen LogP contribution in [0.2, 0.25) is 0 Å². The molecule has 0 atom stereocenters. The Morgan fingerprint density at radius 3 is 2.38 bits per heavy atom. The van der Waals surface area contributed by atoms with Gasteiger partial charge in [-0.15, -0.1) is 11.8 Å². The Morgan fingerprint density at radius 2 is 1.81 bits per heavy atom. The lowest BCUT2D eigenvalue weighted by Crippen LogP contribution is -2.40. The first-order valence-corrected chi connectivity index (χ1v) is 7.79. The van der Waals surface area contributed by atoms with Crippen LogP contribution >= 0.6 is 11.8 Å². The molecule has 1 rings (SSSR count). The van der Waals surface area contributed by atoms with E-state index >= 15 is 0 Å². The van der Waals surface area contributed by atoms with E-state index in [0.29, 0.717) is 25.3 Å². The fourth-order valence-electron chi connectivity index (χ4n) is 1.71. The van der Waals surface area contributed by atoms with E-state index in [4.69, 9.17) is 5.11 Å². The molecule has 0 unspecified atom stereocenters. The molecule has 0 aliphatic heterocycles. The Morgan fingerprint density at radius 1 is 1.14 bits per heavy atom. The van der Waals surface area contributed by atoms with Crippen molar-refractivity contribution < 1.29 is 14.7 Å². The number of nitrogens with zero attached hydrogens (tertiary/aromatic N) is 2. The van der Waals surface area contributed by atoms with Crippen molar-refractivity contribution in [3.05, 3.63) is 30.3 Å². The molecule has 1 aromatic carbocycles. The molecule has 0 saturated carbocycles. The van der Waals surface area contributed by atoms with E-state index in [1.165, 1.54) is 4.90 Å². The molecule has 5 nitrogen and oxygen atoms in total. The van der Waals surface area contributed by atoms with Gasteiger partial charge < -0.3 is 14.9 Å². The summed E-state index contributed by atoms with van der Waals surface area (Å²) in [5, 5.41) is 8.89. The smallest absolute Gasteiger partial charge is 0.323 e. The van der Waals surface area contributed by atoms with Gasteiger partial charge in [-0.1, -0.05) is 18.2 Å². The van der Waals surface area contributed by atoms with Crippen molar-refractivity contribution in [1.29, 1.82) is 0 Å². The summed E-state index contributed by atoms with van der Waals surface area (Å²) >= 11 is 1.60. The quantitative estimate of drug-likeness (QED) is 0.703. The number of hydrogen-bond acceptors (Lipinski definition) is 4. The lowest BCUT2D eigenvalue weighted by atomic mass is 10.3. The lowest BCUT2D eigenvalue weighted by molar-refractivity contribution is -0.144. The highest BCUT2D eigenvalue weighted by molar-refractivity contribution is 7.99. The van der Waals surface area contributed by atoms with Crippen LogP contribution in [0.25, 0.3) is 0 Å². The second kappa shape index (κ2) is 9.41. The van der Waals surface area contributed by atoms with Crippen LogP contribution in [0.15, 0.2) is 35.2 Å². The van der Waals surface area contributed by atoms with Crippen molar-refractivity contribution in [2.75, 3.05) is 39.5 Å². The highest BCUT2D eigenvalue weighted by Gasteiger charge is 2.16. The molecule has 0 saturated heterocycles. The number of benzene rings is 1. The summed E-state index contributed by atoms with van der Waals surface area (Å²) < 4.78 is 0. The van der Waals surface area contributed by atoms with Crippen LogP contribution in [0.4, 0.5) is 0 Å². The number of carboxylic acid groups (broad SMARTS) is 1. The van der Waals surface area contributed by atoms with Gasteiger partial charge in [0.1, 0.15) is 6.54 Å². The van der Waals surface area contributed by atoms with Crippen LogP contribution in [-0.4, -0.2) is 66.3 Å². The van der Waals surface area contributed by atoms with Gasteiger partial charge in [0.25, 0.3) is 0 Å². The number of hydrogen-bond donors (Lipinski definition) is 1. The zero-order valence-corrected chi connectivity index (χ0v) is 13.3. The molecule has 0 aliphatic rings. The Labute approximate surface area is 129 Å². The molecule has 1 amide bonds. The van der Waals surface area contributed by atoms with Crippen molar-refractivity contribution in [2.24, 2.45) is 0 Å². The van der Waals surface area contributed by atoms with Crippen molar-refractivity contribution in [3.63, 3.8) is 0 Å². The summed E-state index contributed by atoms with van der Waals surface area (Å²) in [7, 11) is 3.79. The van der Waals surface area contributed by atoms with Crippen LogP contribution in [0.5, 0.6) is 0 Å². The molecule has 0 radical (unpaired) electrons. The number of likely N-dealkylation sites (N-methyl/N-ethyl adjacent to an activating group) is 1. The molecule has 0 aliphatic carbocycles. The zero-order chi connectivity index (χ0) is 15.7. The second-order valence-electron chi connectivity index (χ2n) is 4.92. The van der Waals surface area contributed by atoms with E-state index in [1.54, 1.807) is 11.8 Å². The average molecular weight is 310 g/mol. The Bertz CT molecular complexity index is 451. The largest absolute Gasteiger partial charge is 0.480 e. The third-order valence-corrected chi connectivity index (χ3v) is 3.84. The second-order valence-corrected chi connectivity index (χ2v) is 6.09. The summed E-state index contributed by atoms with van der Waals surface area (Å²) in [5.74, 6) is -0.429. The maximum Gasteiger partial charge on any atom is 0.323 e. The van der Waals surface area contributed by atoms with Gasteiger partial charge in [-0.2, -0.15) is 0 Å². The van der Waals surface area contributed by atoms with Crippen molar-refractivity contribution in [2.45, 2.75) is 11.3 Å². The molecule has 21 heavy (non-hydrogen) atoms. The predicted octanol–water partition coefficient (Wildman–Crippen LogP) is 1.64. The SMILES string of the molecule is CN(C)CCN(CC(=O)O)C(=O)CCSc1ccccc1. The standard InChI is InChI=1S/C15H22N2O3S/c1-16(2)9-10-17(12-15(19)20)14(18)8-11-21-13-6-4-3-5-7-13/h3-7H,8-12H2,1-2H3,(H,19,20). The van der Waals surface area contributed by atoms with Crippen molar-refractivity contribution in [1.82, 2.24) is 9.80 Å². The number of carboxylic acids is 1. The highest BCUT2D eigenvalue weighted by Crippen LogP contribution is 2.18. The van der Waals surface area contributed by atoms with E-state index in [1.807, 2.05) is 49.3 Å². The highest BCUT2D eigenvalue weighted by atomic mass is 32.2.